The summed E-state index contributed by atoms with van der Waals surface area (Å²) in [7, 11) is 0. The molecule has 2 aliphatic rings. The third kappa shape index (κ3) is 5.54. The number of piperidine rings is 1. The lowest BCUT2D eigenvalue weighted by Crippen LogP contribution is -2.44. The molecular formula is C25H31N3O. The molecular weight excluding hydrogens is 358 g/mol. The van der Waals surface area contributed by atoms with Gasteiger partial charge in [0.25, 0.3) is 0 Å². The van der Waals surface area contributed by atoms with E-state index in [9.17, 15) is 4.79 Å². The molecule has 4 nitrogen and oxygen atoms in total. The van der Waals surface area contributed by atoms with Crippen molar-refractivity contribution in [1.82, 2.24) is 15.2 Å². The van der Waals surface area contributed by atoms with E-state index in [1.54, 1.807) is 0 Å². The van der Waals surface area contributed by atoms with Gasteiger partial charge in [-0.15, -0.1) is 0 Å². The molecule has 4 heteroatoms. The summed E-state index contributed by atoms with van der Waals surface area (Å²) in [5, 5.41) is 3.34. The number of likely N-dealkylation sites (tertiary alicyclic amines) is 1. The van der Waals surface area contributed by atoms with Crippen LogP contribution in [0.5, 0.6) is 0 Å². The van der Waals surface area contributed by atoms with Crippen molar-refractivity contribution in [2.75, 3.05) is 19.6 Å². The number of hydrogen-bond donors (Lipinski definition) is 1. The van der Waals surface area contributed by atoms with E-state index in [1.165, 1.54) is 11.1 Å². The number of aromatic nitrogens is 1. The van der Waals surface area contributed by atoms with Gasteiger partial charge in [0, 0.05) is 25.2 Å². The smallest absolute Gasteiger partial charge is 0.223 e. The van der Waals surface area contributed by atoms with Crippen LogP contribution in [0.1, 0.15) is 49.9 Å². The fourth-order valence-electron chi connectivity index (χ4n) is 4.35. The highest BCUT2D eigenvalue weighted by atomic mass is 16.2. The molecule has 0 unspecified atom stereocenters. The third-order valence-corrected chi connectivity index (χ3v) is 5.95. The fraction of sp³-hybridized carbons (Fsp3) is 0.440. The number of nitrogens with one attached hydrogen (secondary N) is 1. The van der Waals surface area contributed by atoms with Crippen molar-refractivity contribution in [3.63, 3.8) is 0 Å². The molecule has 0 radical (unpaired) electrons. The first kappa shape index (κ1) is 19.8. The minimum atomic E-state index is 0.00510. The highest BCUT2D eigenvalue weighted by molar-refractivity contribution is 5.81. The van der Waals surface area contributed by atoms with Gasteiger partial charge in [0.15, 0.2) is 0 Å². The minimum Gasteiger partial charge on any atom is -0.347 e. The number of hydrogen-bond acceptors (Lipinski definition) is 3. The quantitative estimate of drug-likeness (QED) is 0.760. The predicted octanol–water partition coefficient (Wildman–Crippen LogP) is 4.46. The molecule has 1 amide bonds. The number of rotatable bonds is 7. The van der Waals surface area contributed by atoms with E-state index < -0.39 is 0 Å². The van der Waals surface area contributed by atoms with E-state index in [0.717, 1.165) is 51.0 Å². The van der Waals surface area contributed by atoms with Crippen molar-refractivity contribution in [3.8, 4) is 0 Å². The molecule has 152 valence electrons. The van der Waals surface area contributed by atoms with Crippen molar-refractivity contribution in [2.45, 2.75) is 38.6 Å². The van der Waals surface area contributed by atoms with Crippen LogP contribution < -0.4 is 5.32 Å². The molecule has 29 heavy (non-hydrogen) atoms. The Kier molecular flexibility index (Phi) is 6.40. The van der Waals surface area contributed by atoms with Gasteiger partial charge in [-0.2, -0.15) is 0 Å². The molecule has 1 saturated carbocycles. The zero-order valence-corrected chi connectivity index (χ0v) is 17.3. The molecule has 0 spiro atoms. The molecule has 1 aliphatic heterocycles. The van der Waals surface area contributed by atoms with Gasteiger partial charge in [-0.05, 0) is 62.8 Å². The summed E-state index contributed by atoms with van der Waals surface area (Å²) in [6.45, 7) is 5.28. The first-order valence-electron chi connectivity index (χ1n) is 10.8. The Labute approximate surface area is 174 Å². The van der Waals surface area contributed by atoms with Crippen LogP contribution in [-0.4, -0.2) is 35.4 Å². The summed E-state index contributed by atoms with van der Waals surface area (Å²) in [6.07, 6.45) is 8.45. The number of carbonyl (C=O) groups excluding carboxylic acids is 1. The largest absolute Gasteiger partial charge is 0.347 e. The Morgan fingerprint density at radius 2 is 1.97 bits per heavy atom. The van der Waals surface area contributed by atoms with Crippen LogP contribution in [0.2, 0.25) is 0 Å². The Hall–Kier alpha value is -2.46. The second kappa shape index (κ2) is 9.36. The maximum atomic E-state index is 12.5. The summed E-state index contributed by atoms with van der Waals surface area (Å²) >= 11 is 0. The molecule has 4 rings (SSSR count). The van der Waals surface area contributed by atoms with Crippen LogP contribution in [0.4, 0.5) is 0 Å². The Balaban J connectivity index is 1.44. The highest BCUT2D eigenvalue weighted by Gasteiger charge is 2.35. The van der Waals surface area contributed by atoms with E-state index in [4.69, 9.17) is 0 Å². The van der Waals surface area contributed by atoms with E-state index in [-0.39, 0.29) is 17.9 Å². The average molecular weight is 390 g/mol. The van der Waals surface area contributed by atoms with Crippen LogP contribution in [0, 0.1) is 11.8 Å². The van der Waals surface area contributed by atoms with Gasteiger partial charge in [-0.25, -0.2) is 0 Å². The predicted molar refractivity (Wildman–Crippen MR) is 117 cm³/mol. The zero-order valence-electron chi connectivity index (χ0n) is 17.3. The molecule has 1 aromatic heterocycles. The molecule has 2 atom stereocenters. The van der Waals surface area contributed by atoms with E-state index >= 15 is 0 Å². The number of carbonyl (C=O) groups is 1. The van der Waals surface area contributed by atoms with Crippen LogP contribution in [0.15, 0.2) is 60.3 Å². The zero-order chi connectivity index (χ0) is 20.1. The van der Waals surface area contributed by atoms with E-state index in [0.29, 0.717) is 5.92 Å². The van der Waals surface area contributed by atoms with Crippen LogP contribution in [0.25, 0.3) is 6.08 Å². The van der Waals surface area contributed by atoms with Crippen molar-refractivity contribution >= 4 is 12.0 Å². The molecule has 2 fully saturated rings. The van der Waals surface area contributed by atoms with Crippen molar-refractivity contribution < 1.29 is 4.79 Å². The Morgan fingerprint density at radius 1 is 1.17 bits per heavy atom. The van der Waals surface area contributed by atoms with Crippen molar-refractivity contribution in [3.05, 3.63) is 71.6 Å². The first-order chi connectivity index (χ1) is 14.2. The second-order valence-electron chi connectivity index (χ2n) is 8.55. The average Bonchev–Trinajstić information content (AvgIpc) is 3.59. The maximum absolute atomic E-state index is 12.5. The standard InChI is InChI=1S/C25H31N3O/c1-19(16-20-8-3-2-4-9-20)17-28-15-7-10-22(18-28)24(23-11-5-6-14-26-23)27-25(29)21-12-13-21/h2-6,8-9,11,14,16,21-22,24H,7,10,12-13,15,17-18H2,1H3,(H,27,29)/b19-16+/t22-,24+/m0/s1. The van der Waals surface area contributed by atoms with E-state index in [2.05, 4.69) is 64.6 Å². The summed E-state index contributed by atoms with van der Waals surface area (Å²) in [5.41, 5.74) is 3.61. The number of nitrogens with zero attached hydrogens (tertiary/aromatic N) is 2. The summed E-state index contributed by atoms with van der Waals surface area (Å²) in [5.74, 6) is 0.820. The topological polar surface area (TPSA) is 45.2 Å². The molecule has 1 aromatic carbocycles. The summed E-state index contributed by atoms with van der Waals surface area (Å²) in [6, 6.07) is 16.5. The van der Waals surface area contributed by atoms with Crippen molar-refractivity contribution in [2.24, 2.45) is 11.8 Å². The highest BCUT2D eigenvalue weighted by Crippen LogP contribution is 2.33. The molecule has 2 aromatic rings. The maximum Gasteiger partial charge on any atom is 0.223 e. The molecule has 1 saturated heterocycles. The van der Waals surface area contributed by atoms with Crippen LogP contribution in [-0.2, 0) is 4.79 Å². The minimum absolute atomic E-state index is 0.00510. The lowest BCUT2D eigenvalue weighted by atomic mass is 9.88. The van der Waals surface area contributed by atoms with Gasteiger partial charge in [0.2, 0.25) is 5.91 Å². The third-order valence-electron chi connectivity index (χ3n) is 5.95. The van der Waals surface area contributed by atoms with Gasteiger partial charge in [0.1, 0.15) is 0 Å². The molecule has 2 heterocycles. The van der Waals surface area contributed by atoms with Gasteiger partial charge in [-0.1, -0.05) is 48.0 Å². The lowest BCUT2D eigenvalue weighted by Gasteiger charge is -2.37. The second-order valence-corrected chi connectivity index (χ2v) is 8.55. The fourth-order valence-corrected chi connectivity index (χ4v) is 4.35. The molecule has 1 aliphatic carbocycles. The van der Waals surface area contributed by atoms with Gasteiger partial charge in [0.05, 0.1) is 11.7 Å². The summed E-state index contributed by atoms with van der Waals surface area (Å²) in [4.78, 5) is 19.6. The first-order valence-corrected chi connectivity index (χ1v) is 10.8. The number of benzene rings is 1. The van der Waals surface area contributed by atoms with Crippen molar-refractivity contribution in [1.29, 1.82) is 0 Å². The number of pyridine rings is 1. The number of amides is 1. The lowest BCUT2D eigenvalue weighted by molar-refractivity contribution is -0.123. The molecule has 0 bridgehead atoms. The summed E-state index contributed by atoms with van der Waals surface area (Å²) < 4.78 is 0. The van der Waals surface area contributed by atoms with Gasteiger partial charge in [-0.3, -0.25) is 14.7 Å². The van der Waals surface area contributed by atoms with E-state index in [1.807, 2.05) is 18.3 Å². The van der Waals surface area contributed by atoms with Gasteiger partial charge >= 0.3 is 0 Å². The SMILES string of the molecule is C/C(=C\c1ccccc1)CN1CCC[C@H]([C@@H](NC(=O)C2CC2)c2ccccn2)C1. The monoisotopic (exact) mass is 389 g/mol. The Morgan fingerprint density at radius 3 is 2.69 bits per heavy atom. The molecule has 1 N–H and O–H groups in total. The van der Waals surface area contributed by atoms with Crippen LogP contribution in [0.3, 0.4) is 0 Å². The normalized spacial score (nSPS) is 21.6. The Bertz CT molecular complexity index is 830. The van der Waals surface area contributed by atoms with Gasteiger partial charge < -0.3 is 5.32 Å². The van der Waals surface area contributed by atoms with Crippen LogP contribution >= 0.6 is 0 Å².